The predicted molar refractivity (Wildman–Crippen MR) is 56.5 cm³/mol. The molecule has 1 aliphatic rings. The highest BCUT2D eigenvalue weighted by atomic mass is 16.4. The third kappa shape index (κ3) is 2.22. The van der Waals surface area contributed by atoms with Gasteiger partial charge < -0.3 is 10.8 Å². The van der Waals surface area contributed by atoms with E-state index in [0.29, 0.717) is 10.7 Å². The molecule has 1 aromatic rings. The normalized spacial score (nSPS) is 15.3. The summed E-state index contributed by atoms with van der Waals surface area (Å²) >= 11 is 0. The van der Waals surface area contributed by atoms with Crippen LogP contribution in [0.4, 0.5) is 4.79 Å². The van der Waals surface area contributed by atoms with Crippen LogP contribution in [0.25, 0.3) is 0 Å². The molecule has 0 aliphatic carbocycles. The molecule has 7 heteroatoms. The highest BCUT2D eigenvalue weighted by molar-refractivity contribution is 5.76. The molecular weight excluding hydrogens is 224 g/mol. The lowest BCUT2D eigenvalue weighted by Gasteiger charge is -2.20. The second-order valence-electron chi connectivity index (χ2n) is 3.60. The number of benzene rings is 1. The number of nitrogens with two attached hydrogens (primary N) is 1. The third-order valence-electron chi connectivity index (χ3n) is 2.22. The second kappa shape index (κ2) is 3.85. The molecule has 0 fully saturated rings. The average molecular weight is 234 g/mol. The Hall–Kier alpha value is -2.44. The van der Waals surface area contributed by atoms with Gasteiger partial charge in [-0.2, -0.15) is 0 Å². The molecule has 0 aromatic heterocycles. The first-order valence-corrected chi connectivity index (χ1v) is 4.85. The summed E-state index contributed by atoms with van der Waals surface area (Å²) in [7, 11) is 0. The summed E-state index contributed by atoms with van der Waals surface area (Å²) < 4.78 is 0. The Morgan fingerprint density at radius 2 is 1.82 bits per heavy atom. The van der Waals surface area contributed by atoms with E-state index in [4.69, 9.17) is 10.8 Å². The standard InChI is InChI=1S/C10H10N4O3/c11-8(15)5-10(14-9(16)17)12-6-3-1-2-4-7(6)13-10/h1-4,14H,5H2,(H2,11,15)(H,16,17). The number of para-hydroxylation sites is 2. The maximum Gasteiger partial charge on any atom is 0.408 e. The van der Waals surface area contributed by atoms with E-state index in [2.05, 4.69) is 15.3 Å². The Kier molecular flexibility index (Phi) is 2.51. The first-order valence-electron chi connectivity index (χ1n) is 4.85. The first-order chi connectivity index (χ1) is 8.01. The molecule has 7 nitrogen and oxygen atoms in total. The van der Waals surface area contributed by atoms with Gasteiger partial charge >= 0.3 is 6.09 Å². The summed E-state index contributed by atoms with van der Waals surface area (Å²) in [5.74, 6) is -2.21. The van der Waals surface area contributed by atoms with Crippen LogP contribution in [-0.4, -0.2) is 22.9 Å². The zero-order chi connectivity index (χ0) is 12.5. The van der Waals surface area contributed by atoms with Crippen LogP contribution in [0.1, 0.15) is 6.42 Å². The smallest absolute Gasteiger partial charge is 0.408 e. The average Bonchev–Trinajstić information content (AvgIpc) is 2.52. The van der Waals surface area contributed by atoms with Crippen molar-refractivity contribution in [2.75, 3.05) is 0 Å². The van der Waals surface area contributed by atoms with Crippen LogP contribution in [-0.2, 0) is 4.79 Å². The quantitative estimate of drug-likeness (QED) is 0.605. The number of amides is 2. The fraction of sp³-hybridized carbons (Fsp3) is 0.200. The summed E-state index contributed by atoms with van der Waals surface area (Å²) in [4.78, 5) is 29.9. The van der Waals surface area contributed by atoms with Crippen molar-refractivity contribution >= 4 is 12.0 Å². The second-order valence-corrected chi connectivity index (χ2v) is 3.60. The SMILES string of the molecule is NC(=O)CC1(NC(=O)O)N=c2ccccc2=N1. The van der Waals surface area contributed by atoms with Gasteiger partial charge in [-0.25, -0.2) is 14.8 Å². The first kappa shape index (κ1) is 11.1. The van der Waals surface area contributed by atoms with Crippen molar-refractivity contribution in [2.24, 2.45) is 15.7 Å². The van der Waals surface area contributed by atoms with Crippen molar-refractivity contribution in [2.45, 2.75) is 12.2 Å². The summed E-state index contributed by atoms with van der Waals surface area (Å²) in [6, 6.07) is 6.87. The fourth-order valence-corrected chi connectivity index (χ4v) is 1.67. The summed E-state index contributed by atoms with van der Waals surface area (Å²) in [5.41, 5.74) is 5.08. The third-order valence-corrected chi connectivity index (χ3v) is 2.22. The largest absolute Gasteiger partial charge is 0.465 e. The van der Waals surface area contributed by atoms with E-state index in [1.165, 1.54) is 0 Å². The van der Waals surface area contributed by atoms with Gasteiger partial charge in [0.2, 0.25) is 11.7 Å². The highest BCUT2D eigenvalue weighted by Crippen LogP contribution is 2.14. The zero-order valence-electron chi connectivity index (χ0n) is 8.75. The Morgan fingerprint density at radius 1 is 1.29 bits per heavy atom. The molecule has 4 N–H and O–H groups in total. The Morgan fingerprint density at radius 3 is 2.24 bits per heavy atom. The molecule has 1 aliphatic heterocycles. The number of carbonyl (C=O) groups excluding carboxylic acids is 1. The Balaban J connectivity index is 2.48. The number of fused-ring (bicyclic) bond motifs is 1. The van der Waals surface area contributed by atoms with Gasteiger partial charge in [-0.15, -0.1) is 0 Å². The number of hydrogen-bond acceptors (Lipinski definition) is 4. The van der Waals surface area contributed by atoms with E-state index >= 15 is 0 Å². The van der Waals surface area contributed by atoms with Crippen molar-refractivity contribution < 1.29 is 14.7 Å². The Bertz CT molecular complexity index is 543. The van der Waals surface area contributed by atoms with Gasteiger partial charge in [0.15, 0.2) is 0 Å². The van der Waals surface area contributed by atoms with Crippen LogP contribution in [0.5, 0.6) is 0 Å². The molecule has 0 atom stereocenters. The molecule has 0 saturated carbocycles. The molecule has 0 radical (unpaired) electrons. The summed E-state index contributed by atoms with van der Waals surface area (Å²) in [6.07, 6.45) is -1.62. The number of nitrogens with one attached hydrogen (secondary N) is 1. The Labute approximate surface area is 95.7 Å². The number of primary amides is 1. The summed E-state index contributed by atoms with van der Waals surface area (Å²) in [6.45, 7) is 0. The van der Waals surface area contributed by atoms with Crippen LogP contribution in [0.2, 0.25) is 0 Å². The number of carbonyl (C=O) groups is 2. The molecule has 0 bridgehead atoms. The monoisotopic (exact) mass is 234 g/mol. The van der Waals surface area contributed by atoms with E-state index in [1.807, 2.05) is 0 Å². The van der Waals surface area contributed by atoms with Gasteiger partial charge in [-0.1, -0.05) is 12.1 Å². The van der Waals surface area contributed by atoms with Crippen molar-refractivity contribution in [3.8, 4) is 0 Å². The van der Waals surface area contributed by atoms with Crippen LogP contribution in [0.15, 0.2) is 34.3 Å². The lowest BCUT2D eigenvalue weighted by atomic mass is 10.2. The van der Waals surface area contributed by atoms with Gasteiger partial charge in [0.25, 0.3) is 0 Å². The van der Waals surface area contributed by atoms with Crippen LogP contribution >= 0.6 is 0 Å². The molecule has 2 amide bonds. The van der Waals surface area contributed by atoms with Gasteiger partial charge in [0, 0.05) is 0 Å². The lowest BCUT2D eigenvalue weighted by molar-refractivity contribution is -0.119. The minimum Gasteiger partial charge on any atom is -0.465 e. The van der Waals surface area contributed by atoms with Crippen LogP contribution < -0.4 is 21.8 Å². The summed E-state index contributed by atoms with van der Waals surface area (Å²) in [5, 5.41) is 11.9. The maximum absolute atomic E-state index is 11.0. The van der Waals surface area contributed by atoms with Crippen molar-refractivity contribution in [3.63, 3.8) is 0 Å². The van der Waals surface area contributed by atoms with Crippen LogP contribution in [0.3, 0.4) is 0 Å². The van der Waals surface area contributed by atoms with Gasteiger partial charge in [0.1, 0.15) is 0 Å². The topological polar surface area (TPSA) is 117 Å². The van der Waals surface area contributed by atoms with Crippen molar-refractivity contribution in [1.29, 1.82) is 0 Å². The maximum atomic E-state index is 11.0. The molecule has 2 rings (SSSR count). The van der Waals surface area contributed by atoms with E-state index in [-0.39, 0.29) is 6.42 Å². The van der Waals surface area contributed by atoms with Crippen molar-refractivity contribution in [3.05, 3.63) is 35.0 Å². The molecule has 0 spiro atoms. The molecule has 17 heavy (non-hydrogen) atoms. The van der Waals surface area contributed by atoms with E-state index < -0.39 is 17.8 Å². The molecule has 1 aromatic carbocycles. The molecule has 88 valence electrons. The number of hydrogen-bond donors (Lipinski definition) is 3. The van der Waals surface area contributed by atoms with E-state index in [9.17, 15) is 9.59 Å². The lowest BCUT2D eigenvalue weighted by Crippen LogP contribution is -2.47. The molecule has 0 unspecified atom stereocenters. The molecule has 0 saturated heterocycles. The number of rotatable bonds is 3. The minimum absolute atomic E-state index is 0.312. The number of carboxylic acid groups (broad SMARTS) is 1. The van der Waals surface area contributed by atoms with Gasteiger partial charge in [-0.05, 0) is 12.1 Å². The molecular formula is C10H10N4O3. The van der Waals surface area contributed by atoms with Crippen LogP contribution in [0, 0.1) is 0 Å². The zero-order valence-corrected chi connectivity index (χ0v) is 8.75. The predicted octanol–water partition coefficient (Wildman–Crippen LogP) is -1.26. The number of nitrogens with zero attached hydrogens (tertiary/aromatic N) is 2. The highest BCUT2D eigenvalue weighted by Gasteiger charge is 2.35. The van der Waals surface area contributed by atoms with E-state index in [0.717, 1.165) is 0 Å². The minimum atomic E-state index is -1.53. The van der Waals surface area contributed by atoms with Crippen molar-refractivity contribution in [1.82, 2.24) is 5.32 Å². The van der Waals surface area contributed by atoms with Gasteiger partial charge in [0.05, 0.1) is 17.1 Å². The fourth-order valence-electron chi connectivity index (χ4n) is 1.67. The van der Waals surface area contributed by atoms with E-state index in [1.54, 1.807) is 24.3 Å². The van der Waals surface area contributed by atoms with Gasteiger partial charge in [-0.3, -0.25) is 10.1 Å². The molecule has 1 heterocycles.